The fourth-order valence-electron chi connectivity index (χ4n) is 1.47. The summed E-state index contributed by atoms with van der Waals surface area (Å²) >= 11 is 0. The van der Waals surface area contributed by atoms with Crippen LogP contribution in [0.5, 0.6) is 0 Å². The van der Waals surface area contributed by atoms with Crippen molar-refractivity contribution in [2.75, 3.05) is 0 Å². The summed E-state index contributed by atoms with van der Waals surface area (Å²) in [4.78, 5) is 0. The topological polar surface area (TPSA) is 54.4 Å². The summed E-state index contributed by atoms with van der Waals surface area (Å²) < 4.78 is 54.3. The van der Waals surface area contributed by atoms with E-state index in [1.54, 1.807) is 0 Å². The third kappa shape index (κ3) is 1.59. The maximum atomic E-state index is 12.8. The molecule has 3 nitrogen and oxygen atoms in total. The molecular formula is C6H10F2O3S. The molecule has 0 bridgehead atoms. The van der Waals surface area contributed by atoms with Gasteiger partial charge in [0.2, 0.25) is 0 Å². The summed E-state index contributed by atoms with van der Waals surface area (Å²) in [5.41, 5.74) is 0. The van der Waals surface area contributed by atoms with E-state index < -0.39 is 21.3 Å². The van der Waals surface area contributed by atoms with Gasteiger partial charge in [-0.1, -0.05) is 12.8 Å². The third-order valence-corrected chi connectivity index (χ3v) is 3.20. The summed E-state index contributed by atoms with van der Waals surface area (Å²) in [7, 11) is -5.22. The second kappa shape index (κ2) is 2.92. The largest absolute Gasteiger partial charge is 0.372 e. The Morgan fingerprint density at radius 2 is 1.67 bits per heavy atom. The van der Waals surface area contributed by atoms with E-state index >= 15 is 0 Å². The lowest BCUT2D eigenvalue weighted by Gasteiger charge is -2.18. The Balaban J connectivity index is 2.84. The van der Waals surface area contributed by atoms with E-state index in [-0.39, 0.29) is 12.8 Å². The molecule has 0 spiro atoms. The zero-order chi connectivity index (χ0) is 9.41. The van der Waals surface area contributed by atoms with Crippen molar-refractivity contribution in [3.63, 3.8) is 0 Å². The monoisotopic (exact) mass is 200 g/mol. The Hall–Kier alpha value is -0.230. The maximum absolute atomic E-state index is 12.8. The Labute approximate surface area is 69.5 Å². The quantitative estimate of drug-likeness (QED) is 0.689. The Morgan fingerprint density at radius 3 is 2.00 bits per heavy atom. The van der Waals surface area contributed by atoms with E-state index in [1.807, 2.05) is 0 Å². The number of halogens is 2. The average Bonchev–Trinajstić information content (AvgIpc) is 2.34. The fourth-order valence-corrected chi connectivity index (χ4v) is 2.13. The van der Waals surface area contributed by atoms with Crippen LogP contribution in [0.25, 0.3) is 0 Å². The molecular weight excluding hydrogens is 190 g/mol. The van der Waals surface area contributed by atoms with Crippen LogP contribution < -0.4 is 0 Å². The number of hydrogen-bond donors (Lipinski definition) is 1. The van der Waals surface area contributed by atoms with Gasteiger partial charge in [0.1, 0.15) is 0 Å². The van der Waals surface area contributed by atoms with Gasteiger partial charge in [0, 0.05) is 5.92 Å². The summed E-state index contributed by atoms with van der Waals surface area (Å²) in [5, 5.41) is -3.95. The molecule has 12 heavy (non-hydrogen) atoms. The van der Waals surface area contributed by atoms with Gasteiger partial charge in [-0.05, 0) is 12.8 Å². The molecule has 0 radical (unpaired) electrons. The zero-order valence-corrected chi connectivity index (χ0v) is 7.15. The maximum Gasteiger partial charge on any atom is 0.372 e. The molecule has 1 aliphatic rings. The van der Waals surface area contributed by atoms with Gasteiger partial charge in [0.15, 0.2) is 0 Å². The minimum absolute atomic E-state index is 0.173. The third-order valence-electron chi connectivity index (χ3n) is 2.17. The smallest absolute Gasteiger partial charge is 0.281 e. The van der Waals surface area contributed by atoms with Crippen molar-refractivity contribution in [2.24, 2.45) is 5.92 Å². The molecule has 0 aliphatic heterocycles. The molecule has 0 aromatic carbocycles. The molecule has 0 heterocycles. The van der Waals surface area contributed by atoms with E-state index in [4.69, 9.17) is 4.55 Å². The van der Waals surface area contributed by atoms with Crippen molar-refractivity contribution >= 4 is 10.1 Å². The van der Waals surface area contributed by atoms with Crippen LogP contribution in [0.4, 0.5) is 8.78 Å². The van der Waals surface area contributed by atoms with Gasteiger partial charge in [-0.2, -0.15) is 17.2 Å². The summed E-state index contributed by atoms with van der Waals surface area (Å²) in [6.45, 7) is 0. The first-order valence-corrected chi connectivity index (χ1v) is 5.14. The molecule has 0 saturated heterocycles. The van der Waals surface area contributed by atoms with Crippen LogP contribution >= 0.6 is 0 Å². The lowest BCUT2D eigenvalue weighted by Crippen LogP contribution is -2.35. The van der Waals surface area contributed by atoms with E-state index in [0.29, 0.717) is 12.8 Å². The normalized spacial score (nSPS) is 21.6. The van der Waals surface area contributed by atoms with Gasteiger partial charge in [-0.15, -0.1) is 0 Å². The highest BCUT2D eigenvalue weighted by Gasteiger charge is 2.51. The predicted octanol–water partition coefficient (Wildman–Crippen LogP) is 1.66. The van der Waals surface area contributed by atoms with Gasteiger partial charge in [-0.3, -0.25) is 4.55 Å². The van der Waals surface area contributed by atoms with E-state index in [1.165, 1.54) is 0 Å². The second-order valence-electron chi connectivity index (χ2n) is 3.02. The van der Waals surface area contributed by atoms with Gasteiger partial charge in [0.25, 0.3) is 0 Å². The fraction of sp³-hybridized carbons (Fsp3) is 1.00. The number of alkyl halides is 2. The van der Waals surface area contributed by atoms with Gasteiger partial charge < -0.3 is 0 Å². The van der Waals surface area contributed by atoms with Crippen molar-refractivity contribution in [1.29, 1.82) is 0 Å². The molecule has 1 fully saturated rings. The van der Waals surface area contributed by atoms with Crippen LogP contribution in [-0.4, -0.2) is 18.2 Å². The van der Waals surface area contributed by atoms with Crippen molar-refractivity contribution in [3.05, 3.63) is 0 Å². The highest BCUT2D eigenvalue weighted by atomic mass is 32.2. The van der Waals surface area contributed by atoms with Crippen LogP contribution in [-0.2, 0) is 10.1 Å². The van der Waals surface area contributed by atoms with Crippen molar-refractivity contribution in [2.45, 2.75) is 30.9 Å². The minimum atomic E-state index is -5.22. The van der Waals surface area contributed by atoms with Crippen molar-refractivity contribution < 1.29 is 21.8 Å². The first-order valence-electron chi connectivity index (χ1n) is 3.70. The predicted molar refractivity (Wildman–Crippen MR) is 38.5 cm³/mol. The average molecular weight is 200 g/mol. The Morgan fingerprint density at radius 1 is 1.25 bits per heavy atom. The molecule has 1 N–H and O–H groups in total. The molecule has 72 valence electrons. The molecule has 6 heteroatoms. The van der Waals surface area contributed by atoms with E-state index in [0.717, 1.165) is 0 Å². The minimum Gasteiger partial charge on any atom is -0.281 e. The van der Waals surface area contributed by atoms with E-state index in [2.05, 4.69) is 0 Å². The Bertz CT molecular complexity index is 254. The molecule has 0 amide bonds. The van der Waals surface area contributed by atoms with Crippen LogP contribution in [0, 0.1) is 5.92 Å². The molecule has 1 saturated carbocycles. The van der Waals surface area contributed by atoms with Crippen LogP contribution in [0.1, 0.15) is 25.7 Å². The number of rotatable bonds is 2. The van der Waals surface area contributed by atoms with Crippen LogP contribution in [0.3, 0.4) is 0 Å². The van der Waals surface area contributed by atoms with Crippen molar-refractivity contribution in [3.8, 4) is 0 Å². The molecule has 0 unspecified atom stereocenters. The summed E-state index contributed by atoms with van der Waals surface area (Å²) in [5.74, 6) is -1.20. The Kier molecular flexibility index (Phi) is 2.40. The summed E-state index contributed by atoms with van der Waals surface area (Å²) in [6, 6.07) is 0. The molecule has 0 atom stereocenters. The SMILES string of the molecule is O=S(=O)(O)C(F)(F)C1CCCC1. The standard InChI is InChI=1S/C6H10F2O3S/c7-6(8,12(9,10)11)5-3-1-2-4-5/h5H,1-4H2,(H,9,10,11). The first-order chi connectivity index (χ1) is 5.36. The molecule has 0 aromatic heterocycles. The number of hydrogen-bond acceptors (Lipinski definition) is 2. The van der Waals surface area contributed by atoms with Gasteiger partial charge in [0.05, 0.1) is 0 Å². The zero-order valence-electron chi connectivity index (χ0n) is 6.33. The van der Waals surface area contributed by atoms with Crippen LogP contribution in [0.2, 0.25) is 0 Å². The highest BCUT2D eigenvalue weighted by Crippen LogP contribution is 2.40. The van der Waals surface area contributed by atoms with Crippen LogP contribution in [0.15, 0.2) is 0 Å². The lowest BCUT2D eigenvalue weighted by atomic mass is 10.1. The second-order valence-corrected chi connectivity index (χ2v) is 4.51. The van der Waals surface area contributed by atoms with Gasteiger partial charge >= 0.3 is 15.4 Å². The highest BCUT2D eigenvalue weighted by molar-refractivity contribution is 7.86. The molecule has 1 rings (SSSR count). The summed E-state index contributed by atoms with van der Waals surface area (Å²) in [6.07, 6.45) is 1.56. The van der Waals surface area contributed by atoms with E-state index in [9.17, 15) is 17.2 Å². The molecule has 0 aromatic rings. The van der Waals surface area contributed by atoms with Crippen molar-refractivity contribution in [1.82, 2.24) is 0 Å². The lowest BCUT2D eigenvalue weighted by molar-refractivity contribution is 0.0204. The first kappa shape index (κ1) is 9.85. The van der Waals surface area contributed by atoms with Gasteiger partial charge in [-0.25, -0.2) is 0 Å². The molecule has 1 aliphatic carbocycles.